The SMILES string of the molecule is CCOC(=O)CSc1nnc(CP(=O)(c2ccccc2)c2ccccc2)n1-c1ccccc1. The second kappa shape index (κ2) is 10.6. The van der Waals surface area contributed by atoms with Crippen molar-refractivity contribution in [2.24, 2.45) is 0 Å². The Kier molecular flexibility index (Phi) is 7.43. The third kappa shape index (κ3) is 5.27. The van der Waals surface area contributed by atoms with Crippen LogP contribution < -0.4 is 10.6 Å². The molecule has 1 aromatic heterocycles. The fourth-order valence-electron chi connectivity index (χ4n) is 3.53. The van der Waals surface area contributed by atoms with Gasteiger partial charge in [-0.2, -0.15) is 0 Å². The topological polar surface area (TPSA) is 74.1 Å². The van der Waals surface area contributed by atoms with E-state index in [-0.39, 0.29) is 17.9 Å². The van der Waals surface area contributed by atoms with Crippen LogP contribution in [0.5, 0.6) is 0 Å². The first-order valence-corrected chi connectivity index (χ1v) is 13.5. The predicted octanol–water partition coefficient (Wildman–Crippen LogP) is 4.44. The average Bonchev–Trinajstić information content (AvgIpc) is 3.26. The summed E-state index contributed by atoms with van der Waals surface area (Å²) < 4.78 is 21.5. The first kappa shape index (κ1) is 23.0. The van der Waals surface area contributed by atoms with Gasteiger partial charge in [0.15, 0.2) is 12.3 Å². The summed E-state index contributed by atoms with van der Waals surface area (Å²) in [4.78, 5) is 11.9. The highest BCUT2D eigenvalue weighted by atomic mass is 32.2. The van der Waals surface area contributed by atoms with Crippen molar-refractivity contribution < 1.29 is 14.1 Å². The third-order valence-electron chi connectivity index (χ3n) is 5.05. The van der Waals surface area contributed by atoms with Gasteiger partial charge in [-0.05, 0) is 19.1 Å². The van der Waals surface area contributed by atoms with Gasteiger partial charge in [0.1, 0.15) is 5.82 Å². The molecule has 0 radical (unpaired) electrons. The maximum atomic E-state index is 14.6. The summed E-state index contributed by atoms with van der Waals surface area (Å²) in [5, 5.41) is 10.8. The Morgan fingerprint density at radius 2 is 1.42 bits per heavy atom. The van der Waals surface area contributed by atoms with Crippen molar-refractivity contribution in [3.8, 4) is 5.69 Å². The summed E-state index contributed by atoms with van der Waals surface area (Å²) in [6.45, 7) is 2.10. The molecule has 4 rings (SSSR count). The van der Waals surface area contributed by atoms with Gasteiger partial charge in [0.05, 0.1) is 18.5 Å². The van der Waals surface area contributed by atoms with Gasteiger partial charge < -0.3 is 9.30 Å². The standard InChI is InChI=1S/C25H24N3O3PS/c1-2-31-24(29)19-33-25-27-26-23(28(25)20-12-6-3-7-13-20)18-32(30,21-14-8-4-9-15-21)22-16-10-5-11-17-22/h3-17H,2,18-19H2,1H3. The highest BCUT2D eigenvalue weighted by Crippen LogP contribution is 2.47. The molecule has 0 atom stereocenters. The fourth-order valence-corrected chi connectivity index (χ4v) is 6.87. The van der Waals surface area contributed by atoms with E-state index in [1.165, 1.54) is 11.8 Å². The number of benzene rings is 3. The largest absolute Gasteiger partial charge is 0.465 e. The van der Waals surface area contributed by atoms with Gasteiger partial charge in [-0.25, -0.2) is 0 Å². The molecular weight excluding hydrogens is 453 g/mol. The van der Waals surface area contributed by atoms with Gasteiger partial charge in [0, 0.05) is 16.3 Å². The van der Waals surface area contributed by atoms with E-state index in [0.717, 1.165) is 16.3 Å². The minimum absolute atomic E-state index is 0.119. The molecule has 0 unspecified atom stereocenters. The lowest BCUT2D eigenvalue weighted by Gasteiger charge is -2.20. The van der Waals surface area contributed by atoms with E-state index in [1.54, 1.807) is 6.92 Å². The van der Waals surface area contributed by atoms with Crippen LogP contribution in [0.15, 0.2) is 96.2 Å². The number of hydrogen-bond acceptors (Lipinski definition) is 6. The van der Waals surface area contributed by atoms with Gasteiger partial charge in [0.25, 0.3) is 0 Å². The summed E-state index contributed by atoms with van der Waals surface area (Å²) in [6, 6.07) is 28.7. The zero-order valence-corrected chi connectivity index (χ0v) is 19.9. The Morgan fingerprint density at radius 1 is 0.879 bits per heavy atom. The Labute approximate surface area is 197 Å². The number of nitrogens with zero attached hydrogens (tertiary/aromatic N) is 3. The fraction of sp³-hybridized carbons (Fsp3) is 0.160. The second-order valence-electron chi connectivity index (χ2n) is 7.23. The van der Waals surface area contributed by atoms with Crippen LogP contribution in [0.2, 0.25) is 0 Å². The van der Waals surface area contributed by atoms with E-state index in [1.807, 2.05) is 95.6 Å². The number of aromatic nitrogens is 3. The monoisotopic (exact) mass is 477 g/mol. The molecule has 0 spiro atoms. The lowest BCUT2D eigenvalue weighted by atomic mass is 10.3. The number of hydrogen-bond donors (Lipinski definition) is 0. The number of carbonyl (C=O) groups is 1. The highest BCUT2D eigenvalue weighted by Gasteiger charge is 2.31. The predicted molar refractivity (Wildman–Crippen MR) is 132 cm³/mol. The molecule has 0 fully saturated rings. The maximum absolute atomic E-state index is 14.6. The van der Waals surface area contributed by atoms with Crippen molar-refractivity contribution in [2.45, 2.75) is 18.2 Å². The van der Waals surface area contributed by atoms with Gasteiger partial charge in [-0.1, -0.05) is 90.6 Å². The van der Waals surface area contributed by atoms with E-state index in [0.29, 0.717) is 17.6 Å². The van der Waals surface area contributed by atoms with E-state index in [9.17, 15) is 9.36 Å². The normalized spacial score (nSPS) is 11.3. The van der Waals surface area contributed by atoms with Crippen molar-refractivity contribution in [2.75, 3.05) is 12.4 Å². The van der Waals surface area contributed by atoms with Crippen molar-refractivity contribution in [3.05, 3.63) is 96.8 Å². The molecule has 0 N–H and O–H groups in total. The van der Waals surface area contributed by atoms with Crippen molar-refractivity contribution in [3.63, 3.8) is 0 Å². The first-order chi connectivity index (χ1) is 16.1. The van der Waals surface area contributed by atoms with Crippen LogP contribution in [-0.2, 0) is 20.3 Å². The summed E-state index contributed by atoms with van der Waals surface area (Å²) in [5.41, 5.74) is 0.844. The van der Waals surface area contributed by atoms with Gasteiger partial charge in [0.2, 0.25) is 0 Å². The van der Waals surface area contributed by atoms with Crippen molar-refractivity contribution >= 4 is 35.5 Å². The number of carbonyl (C=O) groups excluding carboxylic acids is 1. The number of esters is 1. The lowest BCUT2D eigenvalue weighted by Crippen LogP contribution is -2.19. The molecule has 0 aliphatic heterocycles. The smallest absolute Gasteiger partial charge is 0.316 e. The van der Waals surface area contributed by atoms with Crippen LogP contribution in [0, 0.1) is 0 Å². The van der Waals surface area contributed by atoms with E-state index >= 15 is 0 Å². The quantitative estimate of drug-likeness (QED) is 0.202. The summed E-state index contributed by atoms with van der Waals surface area (Å²) in [7, 11) is -3.05. The average molecular weight is 478 g/mol. The summed E-state index contributed by atoms with van der Waals surface area (Å²) in [6.07, 6.45) is 0.197. The van der Waals surface area contributed by atoms with Crippen LogP contribution in [-0.4, -0.2) is 33.1 Å². The molecule has 3 aromatic carbocycles. The van der Waals surface area contributed by atoms with Crippen LogP contribution >= 0.6 is 18.9 Å². The number of rotatable bonds is 9. The van der Waals surface area contributed by atoms with Gasteiger partial charge >= 0.3 is 5.97 Å². The molecule has 0 bridgehead atoms. The van der Waals surface area contributed by atoms with Crippen LogP contribution in [0.25, 0.3) is 5.69 Å². The maximum Gasteiger partial charge on any atom is 0.316 e. The molecule has 0 saturated heterocycles. The van der Waals surface area contributed by atoms with Crippen LogP contribution in [0.1, 0.15) is 12.7 Å². The minimum Gasteiger partial charge on any atom is -0.465 e. The number of ether oxygens (including phenoxy) is 1. The number of para-hydroxylation sites is 1. The van der Waals surface area contributed by atoms with Crippen molar-refractivity contribution in [1.29, 1.82) is 0 Å². The Morgan fingerprint density at radius 3 is 1.97 bits per heavy atom. The van der Waals surface area contributed by atoms with E-state index < -0.39 is 7.14 Å². The molecule has 0 aliphatic rings. The Balaban J connectivity index is 1.77. The summed E-state index contributed by atoms with van der Waals surface area (Å²) >= 11 is 1.25. The zero-order valence-electron chi connectivity index (χ0n) is 18.2. The molecule has 0 saturated carbocycles. The van der Waals surface area contributed by atoms with Crippen molar-refractivity contribution in [1.82, 2.24) is 14.8 Å². The first-order valence-electron chi connectivity index (χ1n) is 10.6. The lowest BCUT2D eigenvalue weighted by molar-refractivity contribution is -0.139. The molecule has 6 nitrogen and oxygen atoms in total. The Hall–Kier alpha value is -3.15. The minimum atomic E-state index is -3.05. The van der Waals surface area contributed by atoms with Gasteiger partial charge in [-0.15, -0.1) is 10.2 Å². The van der Waals surface area contributed by atoms with Gasteiger partial charge in [-0.3, -0.25) is 9.36 Å². The van der Waals surface area contributed by atoms with E-state index in [2.05, 4.69) is 10.2 Å². The Bertz CT molecular complexity index is 1200. The molecule has 4 aromatic rings. The van der Waals surface area contributed by atoms with Crippen LogP contribution in [0.4, 0.5) is 0 Å². The molecule has 0 amide bonds. The summed E-state index contributed by atoms with van der Waals surface area (Å²) in [5.74, 6) is 0.378. The molecule has 8 heteroatoms. The van der Waals surface area contributed by atoms with Crippen LogP contribution in [0.3, 0.4) is 0 Å². The molecule has 0 aliphatic carbocycles. The third-order valence-corrected chi connectivity index (χ3v) is 8.95. The molecule has 33 heavy (non-hydrogen) atoms. The number of thioether (sulfide) groups is 1. The zero-order chi connectivity index (χ0) is 23.1. The molecular formula is C25H24N3O3PS. The second-order valence-corrected chi connectivity index (χ2v) is 11.0. The molecule has 168 valence electrons. The molecule has 1 heterocycles. The highest BCUT2D eigenvalue weighted by molar-refractivity contribution is 7.99. The van der Waals surface area contributed by atoms with E-state index in [4.69, 9.17) is 4.74 Å².